The van der Waals surface area contributed by atoms with Gasteiger partial charge >= 0.3 is 0 Å². The van der Waals surface area contributed by atoms with Crippen molar-refractivity contribution in [2.45, 2.75) is 37.5 Å². The molecule has 0 aliphatic heterocycles. The Hall–Kier alpha value is -3.39. The van der Waals surface area contributed by atoms with E-state index in [9.17, 15) is 22.4 Å². The Morgan fingerprint density at radius 3 is 2.15 bits per heavy atom. The van der Waals surface area contributed by atoms with Crippen LogP contribution in [0.3, 0.4) is 0 Å². The van der Waals surface area contributed by atoms with E-state index in [2.05, 4.69) is 10.3 Å². The van der Waals surface area contributed by atoms with E-state index in [0.29, 0.717) is 16.8 Å². The maximum atomic E-state index is 13.2. The number of nitrogens with zero attached hydrogens (tertiary/aromatic N) is 1. The highest BCUT2D eigenvalue weighted by Gasteiger charge is 2.31. The van der Waals surface area contributed by atoms with Crippen molar-refractivity contribution in [2.75, 3.05) is 11.1 Å². The third-order valence-electron chi connectivity index (χ3n) is 5.44. The zero-order valence-corrected chi connectivity index (χ0v) is 19.4. The number of benzene rings is 2. The number of sulfone groups is 1. The molecule has 0 fully saturated rings. The number of nitrogens with one attached hydrogen (secondary N) is 1. The molecule has 2 aromatic carbocycles. The molecule has 0 aliphatic rings. The maximum absolute atomic E-state index is 13.2. The third-order valence-corrected chi connectivity index (χ3v) is 7.19. The second-order valence-corrected chi connectivity index (χ2v) is 10.4. The lowest BCUT2D eigenvalue weighted by atomic mass is 9.79. The van der Waals surface area contributed by atoms with Gasteiger partial charge in [-0.25, -0.2) is 12.8 Å². The van der Waals surface area contributed by atoms with Gasteiger partial charge in [-0.1, -0.05) is 31.2 Å². The Labute approximate surface area is 192 Å². The van der Waals surface area contributed by atoms with Crippen molar-refractivity contribution >= 4 is 27.2 Å². The number of hydrogen-bond donors (Lipinski definition) is 1. The number of aromatic nitrogens is 1. The molecule has 0 unspecified atom stereocenters. The Morgan fingerprint density at radius 1 is 0.970 bits per heavy atom. The molecule has 0 aliphatic carbocycles. The van der Waals surface area contributed by atoms with Gasteiger partial charge in [0, 0.05) is 0 Å². The highest BCUT2D eigenvalue weighted by atomic mass is 32.2. The van der Waals surface area contributed by atoms with Gasteiger partial charge in [-0.3, -0.25) is 14.6 Å². The number of anilines is 1. The molecule has 0 saturated carbocycles. The molecule has 1 aromatic heterocycles. The first kappa shape index (κ1) is 24.3. The summed E-state index contributed by atoms with van der Waals surface area (Å²) in [6.45, 7) is 5.07. The Bertz CT molecular complexity index is 1250. The van der Waals surface area contributed by atoms with Crippen molar-refractivity contribution in [1.29, 1.82) is 0 Å². The first-order valence-corrected chi connectivity index (χ1v) is 12.1. The summed E-state index contributed by atoms with van der Waals surface area (Å²) in [5.41, 5.74) is 1.11. The highest BCUT2D eigenvalue weighted by Crippen LogP contribution is 2.27. The van der Waals surface area contributed by atoms with Crippen molar-refractivity contribution < 1.29 is 22.4 Å². The van der Waals surface area contributed by atoms with E-state index in [1.165, 1.54) is 36.5 Å². The minimum absolute atomic E-state index is 0.0133. The minimum Gasteiger partial charge on any atom is -0.324 e. The second kappa shape index (κ2) is 9.62. The molecule has 6 nitrogen and oxygen atoms in total. The van der Waals surface area contributed by atoms with Gasteiger partial charge < -0.3 is 5.32 Å². The van der Waals surface area contributed by atoms with Gasteiger partial charge in [0.2, 0.25) is 5.91 Å². The molecule has 3 aromatic rings. The molecule has 0 saturated heterocycles. The molecule has 0 bridgehead atoms. The lowest BCUT2D eigenvalue weighted by molar-refractivity contribution is -0.115. The van der Waals surface area contributed by atoms with Gasteiger partial charge in [0.05, 0.1) is 34.4 Å². The van der Waals surface area contributed by atoms with Crippen LogP contribution in [0.4, 0.5) is 10.1 Å². The highest BCUT2D eigenvalue weighted by molar-refractivity contribution is 7.91. The van der Waals surface area contributed by atoms with Gasteiger partial charge in [-0.2, -0.15) is 0 Å². The molecule has 1 amide bonds. The van der Waals surface area contributed by atoms with E-state index in [-0.39, 0.29) is 40.3 Å². The summed E-state index contributed by atoms with van der Waals surface area (Å²) in [6.07, 6.45) is 1.47. The van der Waals surface area contributed by atoms with E-state index in [1.807, 2.05) is 0 Å². The van der Waals surface area contributed by atoms with Crippen LogP contribution in [0.5, 0.6) is 0 Å². The second-order valence-electron chi connectivity index (χ2n) is 8.17. The molecule has 3 rings (SSSR count). The summed E-state index contributed by atoms with van der Waals surface area (Å²) >= 11 is 0. The van der Waals surface area contributed by atoms with Crippen LogP contribution in [0.1, 0.15) is 42.4 Å². The van der Waals surface area contributed by atoms with E-state index < -0.39 is 15.3 Å². The molecule has 172 valence electrons. The number of amides is 1. The summed E-state index contributed by atoms with van der Waals surface area (Å²) in [6, 6.07) is 15.1. The van der Waals surface area contributed by atoms with Gasteiger partial charge in [-0.05, 0) is 61.4 Å². The molecule has 0 spiro atoms. The fourth-order valence-corrected chi connectivity index (χ4v) is 4.18. The molecule has 1 heterocycles. The van der Waals surface area contributed by atoms with E-state index in [4.69, 9.17) is 0 Å². The van der Waals surface area contributed by atoms with E-state index in [1.54, 1.807) is 51.1 Å². The number of halogens is 1. The van der Waals surface area contributed by atoms with Crippen LogP contribution < -0.4 is 5.32 Å². The normalized spacial score (nSPS) is 11.8. The molecule has 0 radical (unpaired) electrons. The summed E-state index contributed by atoms with van der Waals surface area (Å²) in [5.74, 6) is -0.885. The summed E-state index contributed by atoms with van der Waals surface area (Å²) in [4.78, 5) is 29.7. The monoisotopic (exact) mass is 468 g/mol. The number of ketones is 1. The van der Waals surface area contributed by atoms with E-state index >= 15 is 0 Å². The van der Waals surface area contributed by atoms with Crippen LogP contribution in [0.2, 0.25) is 0 Å². The van der Waals surface area contributed by atoms with Gasteiger partial charge in [0.1, 0.15) is 11.5 Å². The SMILES string of the molecule is CCS(=O)(=O)c1ccc(CC(=O)Nc2ccc(C(=O)C(C)(C)c3ccc(F)cc3)nc2)cc1. The van der Waals surface area contributed by atoms with Crippen molar-refractivity contribution in [2.24, 2.45) is 0 Å². The van der Waals surface area contributed by atoms with Crippen molar-refractivity contribution in [3.05, 3.63) is 89.5 Å². The topological polar surface area (TPSA) is 93.2 Å². The van der Waals surface area contributed by atoms with E-state index in [0.717, 1.165) is 0 Å². The van der Waals surface area contributed by atoms with Gasteiger partial charge in [0.25, 0.3) is 0 Å². The summed E-state index contributed by atoms with van der Waals surface area (Å²) in [7, 11) is -3.29. The van der Waals surface area contributed by atoms with Crippen molar-refractivity contribution in [1.82, 2.24) is 4.98 Å². The molecule has 33 heavy (non-hydrogen) atoms. The lowest BCUT2D eigenvalue weighted by Gasteiger charge is -2.23. The maximum Gasteiger partial charge on any atom is 0.228 e. The van der Waals surface area contributed by atoms with Crippen molar-refractivity contribution in [3.63, 3.8) is 0 Å². The van der Waals surface area contributed by atoms with Crippen LogP contribution >= 0.6 is 0 Å². The van der Waals surface area contributed by atoms with Crippen molar-refractivity contribution in [3.8, 4) is 0 Å². The average molecular weight is 469 g/mol. The minimum atomic E-state index is -3.29. The Balaban J connectivity index is 1.65. The number of carbonyl (C=O) groups is 2. The Morgan fingerprint density at radius 2 is 1.61 bits per heavy atom. The number of pyridine rings is 1. The number of carbonyl (C=O) groups excluding carboxylic acids is 2. The quantitative estimate of drug-likeness (QED) is 0.496. The van der Waals surface area contributed by atoms with Crippen LogP contribution in [-0.4, -0.2) is 30.8 Å². The standard InChI is InChI=1S/C25H25FN2O4S/c1-4-33(31,32)21-12-5-17(6-13-21)15-23(29)28-20-11-14-22(27-16-20)24(30)25(2,3)18-7-9-19(26)10-8-18/h5-14,16H,4,15H2,1-3H3,(H,28,29). The number of rotatable bonds is 8. The Kier molecular flexibility index (Phi) is 7.07. The zero-order valence-electron chi connectivity index (χ0n) is 18.6. The smallest absolute Gasteiger partial charge is 0.228 e. The van der Waals surface area contributed by atoms with Gasteiger partial charge in [0.15, 0.2) is 15.6 Å². The number of hydrogen-bond acceptors (Lipinski definition) is 5. The van der Waals surface area contributed by atoms with Crippen LogP contribution in [0.15, 0.2) is 71.8 Å². The fraction of sp³-hybridized carbons (Fsp3) is 0.240. The molecule has 0 atom stereocenters. The molecule has 1 N–H and O–H groups in total. The average Bonchev–Trinajstić information content (AvgIpc) is 2.79. The fourth-order valence-electron chi connectivity index (χ4n) is 3.29. The predicted octanol–water partition coefficient (Wildman–Crippen LogP) is 4.36. The van der Waals surface area contributed by atoms with Gasteiger partial charge in [-0.15, -0.1) is 0 Å². The first-order chi connectivity index (χ1) is 15.5. The third kappa shape index (κ3) is 5.70. The number of Topliss-reactive ketones (excluding diaryl/α,β-unsaturated/α-hetero) is 1. The van der Waals surface area contributed by atoms with Crippen LogP contribution in [0.25, 0.3) is 0 Å². The van der Waals surface area contributed by atoms with Crippen LogP contribution in [-0.2, 0) is 26.5 Å². The summed E-state index contributed by atoms with van der Waals surface area (Å²) < 4.78 is 37.0. The summed E-state index contributed by atoms with van der Waals surface area (Å²) in [5, 5.41) is 2.72. The molecule has 8 heteroatoms. The molecular weight excluding hydrogens is 443 g/mol. The first-order valence-electron chi connectivity index (χ1n) is 10.4. The van der Waals surface area contributed by atoms with Crippen LogP contribution in [0, 0.1) is 5.82 Å². The molecular formula is C25H25FN2O4S. The lowest BCUT2D eigenvalue weighted by Crippen LogP contribution is -2.29. The zero-order chi connectivity index (χ0) is 24.2. The predicted molar refractivity (Wildman–Crippen MR) is 124 cm³/mol. The largest absolute Gasteiger partial charge is 0.324 e.